The second-order valence-corrected chi connectivity index (χ2v) is 4.00. The van der Waals surface area contributed by atoms with Crippen LogP contribution in [0.5, 0.6) is 0 Å². The first-order chi connectivity index (χ1) is 7.86. The van der Waals surface area contributed by atoms with Gasteiger partial charge in [-0.25, -0.2) is 4.68 Å². The summed E-state index contributed by atoms with van der Waals surface area (Å²) in [6.07, 6.45) is 2.61. The molecule has 0 aliphatic carbocycles. The highest BCUT2D eigenvalue weighted by Gasteiger charge is 2.20. The molecule has 1 aliphatic rings. The molecule has 1 aromatic carbocycles. The molecule has 0 amide bonds. The number of nitrogens with zero attached hydrogens (tertiary/aromatic N) is 2. The Kier molecular flexibility index (Phi) is 2.22. The number of ether oxygens (including phenoxy) is 1. The van der Waals surface area contributed by atoms with E-state index in [1.807, 2.05) is 24.3 Å². The fraction of sp³-hybridized carbons (Fsp3) is 0.333. The summed E-state index contributed by atoms with van der Waals surface area (Å²) in [5.74, 6) is 0. The normalized spacial score (nSPS) is 20.4. The lowest BCUT2D eigenvalue weighted by atomic mass is 10.2. The van der Waals surface area contributed by atoms with Crippen molar-refractivity contribution in [3.05, 3.63) is 40.8 Å². The van der Waals surface area contributed by atoms with Gasteiger partial charge in [0.15, 0.2) is 0 Å². The Hall–Kier alpha value is -1.68. The minimum atomic E-state index is -0.0198. The minimum absolute atomic E-state index is 0.0198. The summed E-state index contributed by atoms with van der Waals surface area (Å²) in [5, 5.41) is 5.83. The number of hydrogen-bond donors (Lipinski definition) is 0. The topological polar surface area (TPSA) is 44.1 Å². The van der Waals surface area contributed by atoms with Crippen LogP contribution in [0.4, 0.5) is 0 Å². The second-order valence-electron chi connectivity index (χ2n) is 4.00. The van der Waals surface area contributed by atoms with Gasteiger partial charge in [-0.15, -0.1) is 0 Å². The molecule has 1 fully saturated rings. The molecule has 82 valence electrons. The van der Waals surface area contributed by atoms with Crippen LogP contribution in [0, 0.1) is 0 Å². The number of hydrogen-bond acceptors (Lipinski definition) is 3. The summed E-state index contributed by atoms with van der Waals surface area (Å²) < 4.78 is 6.83. The van der Waals surface area contributed by atoms with Crippen LogP contribution in [0.2, 0.25) is 0 Å². The molecule has 2 aromatic rings. The van der Waals surface area contributed by atoms with Gasteiger partial charge in [-0.3, -0.25) is 4.79 Å². The van der Waals surface area contributed by atoms with E-state index in [1.54, 1.807) is 10.9 Å². The van der Waals surface area contributed by atoms with E-state index in [2.05, 4.69) is 5.10 Å². The van der Waals surface area contributed by atoms with Crippen LogP contribution >= 0.6 is 0 Å². The average Bonchev–Trinajstić information content (AvgIpc) is 2.83. The lowest BCUT2D eigenvalue weighted by Crippen LogP contribution is -2.27. The van der Waals surface area contributed by atoms with Gasteiger partial charge in [0.1, 0.15) is 0 Å². The van der Waals surface area contributed by atoms with Crippen LogP contribution in [0.25, 0.3) is 10.8 Å². The molecule has 0 saturated carbocycles. The fourth-order valence-corrected chi connectivity index (χ4v) is 2.08. The van der Waals surface area contributed by atoms with E-state index >= 15 is 0 Å². The van der Waals surface area contributed by atoms with Crippen molar-refractivity contribution in [2.45, 2.75) is 12.5 Å². The maximum Gasteiger partial charge on any atom is 0.274 e. The molecular formula is C12H12N2O2. The molecule has 1 atom stereocenters. The van der Waals surface area contributed by atoms with Crippen molar-refractivity contribution in [1.29, 1.82) is 0 Å². The van der Waals surface area contributed by atoms with E-state index in [-0.39, 0.29) is 11.6 Å². The standard InChI is InChI=1S/C12H12N2O2/c15-12-11-4-2-1-3-9(11)7-13-14(12)10-5-6-16-8-10/h1-4,7,10H,5-6,8H2. The van der Waals surface area contributed by atoms with E-state index in [9.17, 15) is 4.79 Å². The van der Waals surface area contributed by atoms with Crippen molar-refractivity contribution in [1.82, 2.24) is 9.78 Å². The van der Waals surface area contributed by atoms with Gasteiger partial charge in [-0.05, 0) is 12.5 Å². The highest BCUT2D eigenvalue weighted by atomic mass is 16.5. The first-order valence-corrected chi connectivity index (χ1v) is 5.40. The molecule has 16 heavy (non-hydrogen) atoms. The summed E-state index contributed by atoms with van der Waals surface area (Å²) in [7, 11) is 0. The molecule has 1 unspecified atom stereocenters. The van der Waals surface area contributed by atoms with E-state index in [0.717, 1.165) is 17.2 Å². The molecule has 4 heteroatoms. The largest absolute Gasteiger partial charge is 0.379 e. The van der Waals surface area contributed by atoms with Crippen molar-refractivity contribution in [3.63, 3.8) is 0 Å². The van der Waals surface area contributed by atoms with Gasteiger partial charge in [0.05, 0.1) is 24.2 Å². The molecule has 2 heterocycles. The van der Waals surface area contributed by atoms with Gasteiger partial charge in [0.2, 0.25) is 0 Å². The summed E-state index contributed by atoms with van der Waals surface area (Å²) in [5.41, 5.74) is -0.0198. The number of rotatable bonds is 1. The second kappa shape index (κ2) is 3.72. The smallest absolute Gasteiger partial charge is 0.274 e. The van der Waals surface area contributed by atoms with Crippen LogP contribution < -0.4 is 5.56 Å². The molecule has 0 spiro atoms. The van der Waals surface area contributed by atoms with Crippen molar-refractivity contribution in [3.8, 4) is 0 Å². The molecule has 1 aliphatic heterocycles. The number of aromatic nitrogens is 2. The zero-order chi connectivity index (χ0) is 11.0. The molecule has 3 rings (SSSR count). The zero-order valence-corrected chi connectivity index (χ0v) is 8.80. The third-order valence-electron chi connectivity index (χ3n) is 2.97. The Labute approximate surface area is 92.5 Å². The monoisotopic (exact) mass is 216 g/mol. The third-order valence-corrected chi connectivity index (χ3v) is 2.97. The van der Waals surface area contributed by atoms with Gasteiger partial charge >= 0.3 is 0 Å². The summed E-state index contributed by atoms with van der Waals surface area (Å²) >= 11 is 0. The highest BCUT2D eigenvalue weighted by Crippen LogP contribution is 2.16. The van der Waals surface area contributed by atoms with Gasteiger partial charge in [-0.1, -0.05) is 18.2 Å². The van der Waals surface area contributed by atoms with Crippen molar-refractivity contribution < 1.29 is 4.74 Å². The van der Waals surface area contributed by atoms with Gasteiger partial charge in [-0.2, -0.15) is 5.10 Å². The Morgan fingerprint density at radius 2 is 2.25 bits per heavy atom. The Bertz CT molecular complexity index is 570. The van der Waals surface area contributed by atoms with Gasteiger partial charge in [0, 0.05) is 12.0 Å². The van der Waals surface area contributed by atoms with Crippen LogP contribution in [0.3, 0.4) is 0 Å². The first kappa shape index (κ1) is 9.54. The summed E-state index contributed by atoms with van der Waals surface area (Å²) in [4.78, 5) is 12.2. The molecular weight excluding hydrogens is 204 g/mol. The fourth-order valence-electron chi connectivity index (χ4n) is 2.08. The van der Waals surface area contributed by atoms with E-state index in [0.29, 0.717) is 13.2 Å². The summed E-state index contributed by atoms with van der Waals surface area (Å²) in [6, 6.07) is 7.62. The van der Waals surface area contributed by atoms with Crippen LogP contribution in [0.1, 0.15) is 12.5 Å². The maximum atomic E-state index is 12.2. The van der Waals surface area contributed by atoms with Crippen LogP contribution in [-0.2, 0) is 4.74 Å². The number of fused-ring (bicyclic) bond motifs is 1. The van der Waals surface area contributed by atoms with Crippen LogP contribution in [-0.4, -0.2) is 23.0 Å². The lowest BCUT2D eigenvalue weighted by molar-refractivity contribution is 0.183. The molecule has 1 saturated heterocycles. The third kappa shape index (κ3) is 1.42. The van der Waals surface area contributed by atoms with E-state index in [4.69, 9.17) is 4.74 Å². The van der Waals surface area contributed by atoms with E-state index in [1.165, 1.54) is 0 Å². The van der Waals surface area contributed by atoms with Crippen LogP contribution in [0.15, 0.2) is 35.3 Å². The van der Waals surface area contributed by atoms with Crippen molar-refractivity contribution >= 4 is 10.8 Å². The predicted octanol–water partition coefficient (Wildman–Crippen LogP) is 1.36. The molecule has 0 N–H and O–H groups in total. The Morgan fingerprint density at radius 1 is 1.38 bits per heavy atom. The van der Waals surface area contributed by atoms with E-state index < -0.39 is 0 Å². The average molecular weight is 216 g/mol. The molecule has 4 nitrogen and oxygen atoms in total. The van der Waals surface area contributed by atoms with Crippen molar-refractivity contribution in [2.75, 3.05) is 13.2 Å². The zero-order valence-electron chi connectivity index (χ0n) is 8.80. The molecule has 0 radical (unpaired) electrons. The predicted molar refractivity (Wildman–Crippen MR) is 60.5 cm³/mol. The van der Waals surface area contributed by atoms with Gasteiger partial charge in [0.25, 0.3) is 5.56 Å². The SMILES string of the molecule is O=c1c2ccccc2cnn1C1CCOC1. The Balaban J connectivity index is 2.19. The lowest BCUT2D eigenvalue weighted by Gasteiger charge is -2.10. The van der Waals surface area contributed by atoms with Crippen molar-refractivity contribution in [2.24, 2.45) is 0 Å². The van der Waals surface area contributed by atoms with Gasteiger partial charge < -0.3 is 4.74 Å². The molecule has 0 bridgehead atoms. The molecule has 1 aromatic heterocycles. The number of benzene rings is 1. The quantitative estimate of drug-likeness (QED) is 0.723. The Morgan fingerprint density at radius 3 is 3.06 bits per heavy atom. The first-order valence-electron chi connectivity index (χ1n) is 5.40. The minimum Gasteiger partial charge on any atom is -0.379 e. The maximum absolute atomic E-state index is 12.2. The highest BCUT2D eigenvalue weighted by molar-refractivity contribution is 5.80. The summed E-state index contributed by atoms with van der Waals surface area (Å²) in [6.45, 7) is 1.30.